The average Bonchev–Trinajstić information content (AvgIpc) is 2.61. The van der Waals surface area contributed by atoms with Crippen LogP contribution in [0.15, 0.2) is 0 Å². The van der Waals surface area contributed by atoms with Gasteiger partial charge in [0.1, 0.15) is 0 Å². The van der Waals surface area contributed by atoms with Crippen molar-refractivity contribution in [3.8, 4) is 0 Å². The zero-order valence-corrected chi connectivity index (χ0v) is 21.8. The molecule has 0 aliphatic heterocycles. The minimum Gasteiger partial charge on any atom is -0.481 e. The van der Waals surface area contributed by atoms with Crippen molar-refractivity contribution in [2.24, 2.45) is 5.92 Å². The van der Waals surface area contributed by atoms with Crippen molar-refractivity contribution >= 4 is 22.1 Å². The van der Waals surface area contributed by atoms with Gasteiger partial charge in [-0.2, -0.15) is 14.3 Å². The van der Waals surface area contributed by atoms with Gasteiger partial charge in [-0.3, -0.25) is 14.1 Å². The number of unbranched alkanes of at least 4 members (excludes halogenated alkanes) is 6. The summed E-state index contributed by atoms with van der Waals surface area (Å²) in [4.78, 5) is 20.0. The van der Waals surface area contributed by atoms with Crippen molar-refractivity contribution in [3.63, 3.8) is 0 Å². The van der Waals surface area contributed by atoms with Gasteiger partial charge < -0.3 is 17.1 Å². The van der Waals surface area contributed by atoms with Crippen molar-refractivity contribution in [2.45, 2.75) is 104 Å². The van der Waals surface area contributed by atoms with Crippen LogP contribution in [-0.2, 0) is 19.7 Å². The zero-order chi connectivity index (χ0) is 22.6. The van der Waals surface area contributed by atoms with Gasteiger partial charge in [-0.05, 0) is 0 Å². The molecule has 0 heterocycles. The zero-order valence-electron chi connectivity index (χ0n) is 19.0. The maximum atomic E-state index is 10.2. The topological polar surface area (TPSA) is 129 Å². The molecule has 2 atom stereocenters. The van der Waals surface area contributed by atoms with Crippen molar-refractivity contribution < 1.29 is 62.3 Å². The number of carboxylic acids is 2. The van der Waals surface area contributed by atoms with Crippen LogP contribution in [0.1, 0.15) is 98.3 Å². The van der Waals surface area contributed by atoms with Crippen LogP contribution >= 0.6 is 0 Å². The molecule has 0 aliphatic rings. The maximum absolute atomic E-state index is 10.2. The number of rotatable bonds is 13. The maximum Gasteiger partial charge on any atom is 1.00 e. The van der Waals surface area contributed by atoms with E-state index in [0.717, 1.165) is 0 Å². The fraction of sp³-hybridized carbons (Fsp3) is 0.850. The molecule has 0 aromatic rings. The van der Waals surface area contributed by atoms with Crippen LogP contribution in [0.4, 0.5) is 0 Å². The first kappa shape index (κ1) is 36.2. The Morgan fingerprint density at radius 3 is 1.48 bits per heavy atom. The van der Waals surface area contributed by atoms with E-state index in [-0.39, 0.29) is 29.6 Å². The van der Waals surface area contributed by atoms with E-state index >= 15 is 0 Å². The Bertz CT molecular complexity index is 475. The van der Waals surface area contributed by atoms with Crippen LogP contribution < -0.4 is 29.6 Å². The summed E-state index contributed by atoms with van der Waals surface area (Å²) in [6.07, 6.45) is 12.5. The minimum atomic E-state index is -4.84. The van der Waals surface area contributed by atoms with Crippen LogP contribution in [0.5, 0.6) is 0 Å². The van der Waals surface area contributed by atoms with E-state index < -0.39 is 33.7 Å². The van der Waals surface area contributed by atoms with Crippen LogP contribution in [0.25, 0.3) is 0 Å². The summed E-state index contributed by atoms with van der Waals surface area (Å²) in [6.45, 7) is 12.9. The molecule has 0 saturated heterocycles. The van der Waals surface area contributed by atoms with Crippen LogP contribution in [0, 0.1) is 12.8 Å². The monoisotopic (exact) mass is 448 g/mol. The fourth-order valence-electron chi connectivity index (χ4n) is 2.03. The van der Waals surface area contributed by atoms with Gasteiger partial charge in [0.2, 0.25) is 0 Å². The summed E-state index contributed by atoms with van der Waals surface area (Å²) in [5.74, 6) is -2.80. The number of aliphatic carboxylic acids is 2. The molecule has 29 heavy (non-hydrogen) atoms. The predicted octanol–water partition coefficient (Wildman–Crippen LogP) is 2.21. The van der Waals surface area contributed by atoms with Gasteiger partial charge in [-0.15, -0.1) is 0 Å². The van der Waals surface area contributed by atoms with Gasteiger partial charge >= 0.3 is 41.5 Å². The molecule has 0 rings (SSSR count). The van der Waals surface area contributed by atoms with Crippen molar-refractivity contribution in [2.75, 3.05) is 0 Å². The molecule has 0 fully saturated rings. The van der Waals surface area contributed by atoms with Crippen LogP contribution in [0.3, 0.4) is 0 Å². The SMILES string of the molecule is CCCCCCCC.O=C(O)CC(C(=O)O)S(=O)(=O)O.[CH2-]C(CC)CCCC.[Na+]. The number of carboxylic acid groups (broad SMARTS) is 2. The summed E-state index contributed by atoms with van der Waals surface area (Å²) >= 11 is 0. The Kier molecular flexibility index (Phi) is 30.1. The number of hydrogen-bond donors (Lipinski definition) is 3. The van der Waals surface area contributed by atoms with Gasteiger partial charge in [-0.1, -0.05) is 91.9 Å². The standard InChI is InChI=1S/C8H17.C8H18.C4H6O7S.Na/c1-4-6-7-8(3)5-2;1-3-5-7-8-6-4-2;5-3(6)1-2(4(7)8)12(9,10)11;/h8H,3-7H2,1-2H3;3-8H2,1-2H3;2H,1H2,(H,5,6)(H,7,8)(H,9,10,11);/q-1;;;+1. The van der Waals surface area contributed by atoms with E-state index in [9.17, 15) is 18.0 Å². The molecule has 0 aromatic carbocycles. The first-order valence-electron chi connectivity index (χ1n) is 10.2. The van der Waals surface area contributed by atoms with Crippen molar-refractivity contribution in [3.05, 3.63) is 6.92 Å². The second-order valence-electron chi connectivity index (χ2n) is 6.77. The molecule has 9 heteroatoms. The fourth-order valence-corrected chi connectivity index (χ4v) is 2.64. The Labute approximate surface area is 200 Å². The van der Waals surface area contributed by atoms with E-state index in [1.165, 1.54) is 64.2 Å². The molecular formula is C20H41NaO7S. The second kappa shape index (κ2) is 24.1. The molecule has 0 aliphatic carbocycles. The number of hydrogen-bond acceptors (Lipinski definition) is 4. The van der Waals surface area contributed by atoms with Gasteiger partial charge in [0.25, 0.3) is 10.1 Å². The van der Waals surface area contributed by atoms with Gasteiger partial charge in [0.15, 0.2) is 5.25 Å². The van der Waals surface area contributed by atoms with E-state index in [4.69, 9.17) is 14.8 Å². The molecule has 2 unspecified atom stereocenters. The molecule has 3 N–H and O–H groups in total. The third-order valence-electron chi connectivity index (χ3n) is 4.00. The molecule has 0 saturated carbocycles. The Morgan fingerprint density at radius 1 is 0.862 bits per heavy atom. The summed E-state index contributed by atoms with van der Waals surface area (Å²) in [6, 6.07) is 0. The molecule has 0 amide bonds. The largest absolute Gasteiger partial charge is 1.00 e. The van der Waals surface area contributed by atoms with E-state index in [0.29, 0.717) is 5.92 Å². The van der Waals surface area contributed by atoms with Gasteiger partial charge in [-0.25, -0.2) is 0 Å². The Hall–Kier alpha value is -0.150. The summed E-state index contributed by atoms with van der Waals surface area (Å²) in [5.41, 5.74) is 0. The quantitative estimate of drug-likeness (QED) is 0.170. The third-order valence-corrected chi connectivity index (χ3v) is 5.08. The third kappa shape index (κ3) is 30.1. The van der Waals surface area contributed by atoms with E-state index in [1.807, 2.05) is 0 Å². The molecule has 0 radical (unpaired) electrons. The Balaban J connectivity index is -0.000000164. The summed E-state index contributed by atoms with van der Waals surface area (Å²) in [7, 11) is -4.84. The van der Waals surface area contributed by atoms with Gasteiger partial charge in [0.05, 0.1) is 6.42 Å². The predicted molar refractivity (Wildman–Crippen MR) is 113 cm³/mol. The van der Waals surface area contributed by atoms with E-state index in [2.05, 4.69) is 34.6 Å². The average molecular weight is 449 g/mol. The smallest absolute Gasteiger partial charge is 0.481 e. The first-order valence-corrected chi connectivity index (χ1v) is 11.7. The minimum absolute atomic E-state index is 0. The first-order chi connectivity index (χ1) is 13.0. The van der Waals surface area contributed by atoms with Crippen LogP contribution in [-0.4, -0.2) is 40.4 Å². The number of carbonyl (C=O) groups is 2. The van der Waals surface area contributed by atoms with Crippen molar-refractivity contribution in [1.29, 1.82) is 0 Å². The molecule has 170 valence electrons. The molecule has 0 spiro atoms. The molecular weight excluding hydrogens is 407 g/mol. The summed E-state index contributed by atoms with van der Waals surface area (Å²) in [5, 5.41) is 13.9. The molecule has 7 nitrogen and oxygen atoms in total. The van der Waals surface area contributed by atoms with Gasteiger partial charge in [0, 0.05) is 0 Å². The molecule has 0 bridgehead atoms. The van der Waals surface area contributed by atoms with Crippen molar-refractivity contribution in [1.82, 2.24) is 0 Å². The Morgan fingerprint density at radius 2 is 1.28 bits per heavy atom. The second-order valence-corrected chi connectivity index (χ2v) is 8.37. The summed E-state index contributed by atoms with van der Waals surface area (Å²) < 4.78 is 28.7. The molecule has 0 aromatic heterocycles. The van der Waals surface area contributed by atoms with Crippen LogP contribution in [0.2, 0.25) is 0 Å². The normalized spacial score (nSPS) is 12.2. The van der Waals surface area contributed by atoms with E-state index in [1.54, 1.807) is 0 Å².